The molecule has 0 unspecified atom stereocenters. The summed E-state index contributed by atoms with van der Waals surface area (Å²) in [4.78, 5) is 27.3. The van der Waals surface area contributed by atoms with Crippen LogP contribution >= 0.6 is 23.4 Å². The summed E-state index contributed by atoms with van der Waals surface area (Å²) in [6.07, 6.45) is 1.80. The van der Waals surface area contributed by atoms with Gasteiger partial charge in [0.15, 0.2) is 0 Å². The van der Waals surface area contributed by atoms with E-state index in [0.29, 0.717) is 28.4 Å². The standard InChI is InChI=1S/C17H15ClN2O3S/c1-9-5-13(18)16(19-8-9)23-12-4-3-11(10(2)6-12)7-14-15(21)20-17(22)24-14/h3-6,8,14H,7H2,1-2H3,(H,20,21,22)/t14-/m0/s1/i14D. The summed E-state index contributed by atoms with van der Waals surface area (Å²) < 4.78 is 13.9. The van der Waals surface area contributed by atoms with Gasteiger partial charge in [0.05, 0.1) is 6.60 Å². The Morgan fingerprint density at radius 1 is 1.38 bits per heavy atom. The summed E-state index contributed by atoms with van der Waals surface area (Å²) in [5.74, 6) is 0.281. The van der Waals surface area contributed by atoms with Crippen LogP contribution in [0.3, 0.4) is 0 Å². The Morgan fingerprint density at radius 2 is 2.17 bits per heavy atom. The maximum absolute atomic E-state index is 11.8. The van der Waals surface area contributed by atoms with Crippen LogP contribution in [0, 0.1) is 13.8 Å². The van der Waals surface area contributed by atoms with E-state index in [0.717, 1.165) is 16.7 Å². The molecule has 0 radical (unpaired) electrons. The molecule has 1 atom stereocenters. The molecule has 1 aliphatic rings. The fourth-order valence-corrected chi connectivity index (χ4v) is 3.27. The van der Waals surface area contributed by atoms with Gasteiger partial charge in [-0.1, -0.05) is 29.4 Å². The minimum absolute atomic E-state index is 0.130. The zero-order valence-electron chi connectivity index (χ0n) is 14.1. The number of aromatic nitrogens is 1. The molecule has 1 aliphatic heterocycles. The number of hydrogen-bond acceptors (Lipinski definition) is 5. The third-order valence-electron chi connectivity index (χ3n) is 3.51. The maximum atomic E-state index is 11.8. The van der Waals surface area contributed by atoms with Gasteiger partial charge in [-0.3, -0.25) is 14.9 Å². The molecule has 1 aromatic heterocycles. The topological polar surface area (TPSA) is 68.3 Å². The molecule has 0 aliphatic carbocycles. The zero-order valence-corrected chi connectivity index (χ0v) is 14.6. The highest BCUT2D eigenvalue weighted by molar-refractivity contribution is 8.15. The van der Waals surface area contributed by atoms with E-state index in [4.69, 9.17) is 17.7 Å². The number of aryl methyl sites for hydroxylation is 2. The Kier molecular flexibility index (Phi) is 4.40. The average molecular weight is 364 g/mol. The molecule has 0 saturated carbocycles. The molecular formula is C17H15ClN2O3S. The van der Waals surface area contributed by atoms with Gasteiger partial charge in [0.25, 0.3) is 5.24 Å². The van der Waals surface area contributed by atoms with Gasteiger partial charge in [-0.25, -0.2) is 4.98 Å². The third kappa shape index (κ3) is 3.71. The van der Waals surface area contributed by atoms with Gasteiger partial charge in [0.1, 0.15) is 10.8 Å². The van der Waals surface area contributed by atoms with Crippen LogP contribution in [0.25, 0.3) is 0 Å². The summed E-state index contributed by atoms with van der Waals surface area (Å²) in [5, 5.41) is 0.549. The van der Waals surface area contributed by atoms with Gasteiger partial charge in [-0.15, -0.1) is 0 Å². The molecule has 2 amide bonds. The Hall–Kier alpha value is -2.05. The first-order valence-electron chi connectivity index (χ1n) is 7.71. The van der Waals surface area contributed by atoms with Crippen LogP contribution in [-0.2, 0) is 11.2 Å². The number of rotatable bonds is 4. The predicted octanol–water partition coefficient (Wildman–Crippen LogP) is 4.04. The summed E-state index contributed by atoms with van der Waals surface area (Å²) in [6.45, 7) is 3.75. The number of halogens is 1. The first kappa shape index (κ1) is 15.5. The second kappa shape index (κ2) is 6.83. The minimum Gasteiger partial charge on any atom is -0.438 e. The summed E-state index contributed by atoms with van der Waals surface area (Å²) in [7, 11) is 0. The number of benzene rings is 1. The highest BCUT2D eigenvalue weighted by Crippen LogP contribution is 2.30. The molecule has 124 valence electrons. The second-order valence-corrected chi connectivity index (χ2v) is 6.91. The first-order valence-corrected chi connectivity index (χ1v) is 8.40. The van der Waals surface area contributed by atoms with E-state index in [2.05, 4.69) is 10.3 Å². The smallest absolute Gasteiger partial charge is 0.286 e. The van der Waals surface area contributed by atoms with Gasteiger partial charge < -0.3 is 4.74 Å². The monoisotopic (exact) mass is 363 g/mol. The lowest BCUT2D eigenvalue weighted by Gasteiger charge is -2.12. The predicted molar refractivity (Wildman–Crippen MR) is 93.9 cm³/mol. The molecule has 1 aromatic carbocycles. The number of nitrogens with one attached hydrogen (secondary N) is 1. The van der Waals surface area contributed by atoms with E-state index < -0.39 is 16.4 Å². The van der Waals surface area contributed by atoms with Crippen molar-refractivity contribution in [2.45, 2.75) is 25.5 Å². The lowest BCUT2D eigenvalue weighted by atomic mass is 10.0. The van der Waals surface area contributed by atoms with Crippen LogP contribution in [0.4, 0.5) is 4.79 Å². The summed E-state index contributed by atoms with van der Waals surface area (Å²) in [5.41, 5.74) is 2.58. The van der Waals surface area contributed by atoms with Gasteiger partial charge in [0.2, 0.25) is 11.8 Å². The van der Waals surface area contributed by atoms with Crippen molar-refractivity contribution in [2.24, 2.45) is 0 Å². The number of hydrogen-bond donors (Lipinski definition) is 1. The van der Waals surface area contributed by atoms with Gasteiger partial charge in [-0.05, 0) is 55.2 Å². The van der Waals surface area contributed by atoms with Crippen molar-refractivity contribution in [3.8, 4) is 11.6 Å². The van der Waals surface area contributed by atoms with Crippen LogP contribution < -0.4 is 10.1 Å². The lowest BCUT2D eigenvalue weighted by molar-refractivity contribution is -0.118. The van der Waals surface area contributed by atoms with Crippen LogP contribution in [-0.4, -0.2) is 21.4 Å². The van der Waals surface area contributed by atoms with E-state index in [-0.39, 0.29) is 6.42 Å². The molecule has 5 nitrogen and oxygen atoms in total. The minimum atomic E-state index is -1.54. The molecule has 2 aromatic rings. The molecule has 24 heavy (non-hydrogen) atoms. The quantitative estimate of drug-likeness (QED) is 0.887. The Morgan fingerprint density at radius 3 is 2.79 bits per heavy atom. The van der Waals surface area contributed by atoms with Crippen molar-refractivity contribution in [1.82, 2.24) is 10.3 Å². The number of carbonyl (C=O) groups is 2. The largest absolute Gasteiger partial charge is 0.438 e. The first-order chi connectivity index (χ1) is 11.8. The van der Waals surface area contributed by atoms with Crippen LogP contribution in [0.15, 0.2) is 30.5 Å². The van der Waals surface area contributed by atoms with Crippen molar-refractivity contribution in [2.75, 3.05) is 0 Å². The fraction of sp³-hybridized carbons (Fsp3) is 0.235. The number of amides is 2. The van der Waals surface area contributed by atoms with Crippen molar-refractivity contribution in [1.29, 1.82) is 0 Å². The van der Waals surface area contributed by atoms with Gasteiger partial charge in [0, 0.05) is 6.20 Å². The number of pyridine rings is 1. The van der Waals surface area contributed by atoms with E-state index >= 15 is 0 Å². The van der Waals surface area contributed by atoms with Crippen molar-refractivity contribution < 1.29 is 15.7 Å². The normalized spacial score (nSPS) is 20.7. The molecule has 0 bridgehead atoms. The maximum Gasteiger partial charge on any atom is 0.286 e. The number of nitrogens with zero attached hydrogens (tertiary/aromatic N) is 1. The lowest BCUT2D eigenvalue weighted by Crippen LogP contribution is -2.25. The van der Waals surface area contributed by atoms with Crippen LogP contribution in [0.2, 0.25) is 5.02 Å². The van der Waals surface area contributed by atoms with Crippen LogP contribution in [0.1, 0.15) is 18.1 Å². The zero-order chi connectivity index (χ0) is 18.2. The molecule has 1 saturated heterocycles. The Bertz CT molecular complexity index is 877. The van der Waals surface area contributed by atoms with E-state index in [1.165, 1.54) is 0 Å². The molecule has 2 heterocycles. The average Bonchev–Trinajstić information content (AvgIpc) is 2.77. The molecule has 0 spiro atoms. The molecule has 3 rings (SSSR count). The number of imide groups is 1. The Labute approximate surface area is 150 Å². The Balaban J connectivity index is 1.79. The summed E-state index contributed by atoms with van der Waals surface area (Å²) in [6, 6.07) is 7.06. The number of carbonyl (C=O) groups excluding carboxylic acids is 2. The van der Waals surface area contributed by atoms with E-state index in [9.17, 15) is 9.59 Å². The van der Waals surface area contributed by atoms with E-state index in [1.807, 2.05) is 13.8 Å². The molecule has 1 N–H and O–H groups in total. The van der Waals surface area contributed by atoms with Crippen molar-refractivity contribution in [3.63, 3.8) is 0 Å². The molecule has 1 fully saturated rings. The number of thioether (sulfide) groups is 1. The molecule has 7 heteroatoms. The SMILES string of the molecule is [2H][C@@]1(Cc2ccc(Oc3ncc(C)cc3Cl)cc2C)SC(=O)NC1=O. The van der Waals surface area contributed by atoms with Gasteiger partial charge in [-0.2, -0.15) is 0 Å². The van der Waals surface area contributed by atoms with Crippen LogP contribution in [0.5, 0.6) is 11.6 Å². The van der Waals surface area contributed by atoms with Gasteiger partial charge >= 0.3 is 0 Å². The third-order valence-corrected chi connectivity index (χ3v) is 4.64. The molecular weight excluding hydrogens is 348 g/mol. The second-order valence-electron chi connectivity index (χ2n) is 5.43. The number of ether oxygens (including phenoxy) is 1. The fourth-order valence-electron chi connectivity index (χ4n) is 2.27. The van der Waals surface area contributed by atoms with Crippen molar-refractivity contribution >= 4 is 34.5 Å². The van der Waals surface area contributed by atoms with Crippen molar-refractivity contribution in [3.05, 3.63) is 52.2 Å². The summed E-state index contributed by atoms with van der Waals surface area (Å²) >= 11 is 6.82. The highest BCUT2D eigenvalue weighted by atomic mass is 35.5. The van der Waals surface area contributed by atoms with E-state index in [1.54, 1.807) is 30.5 Å². The highest BCUT2D eigenvalue weighted by Gasteiger charge is 2.31.